The molecule has 0 saturated heterocycles. The van der Waals surface area contributed by atoms with Gasteiger partial charge in [0.05, 0.1) is 10.1 Å². The maximum atomic E-state index is 12.4. The number of carbonyl (C=O) groups is 2. The van der Waals surface area contributed by atoms with Crippen LogP contribution in [0.5, 0.6) is 0 Å². The first kappa shape index (κ1) is 19.2. The van der Waals surface area contributed by atoms with Gasteiger partial charge in [-0.2, -0.15) is 0 Å². The van der Waals surface area contributed by atoms with Gasteiger partial charge in [-0.05, 0) is 44.0 Å². The van der Waals surface area contributed by atoms with Crippen LogP contribution in [0, 0.1) is 5.92 Å². The van der Waals surface area contributed by atoms with Gasteiger partial charge in [-0.25, -0.2) is 8.42 Å². The molecule has 1 rings (SSSR count). The van der Waals surface area contributed by atoms with Gasteiger partial charge in [-0.1, -0.05) is 13.8 Å². The SMILES string of the molecule is CC(C)CN(CC(=O)O)C(=O)c1ccc(S(=O)(=O)C(C)C)cc1. The minimum Gasteiger partial charge on any atom is -0.480 e. The van der Waals surface area contributed by atoms with Gasteiger partial charge in [0.1, 0.15) is 6.54 Å². The number of hydrogen-bond donors (Lipinski definition) is 1. The van der Waals surface area contributed by atoms with Crippen LogP contribution in [0.15, 0.2) is 29.2 Å². The number of rotatable bonds is 7. The first-order chi connectivity index (χ1) is 10.6. The van der Waals surface area contributed by atoms with Gasteiger partial charge in [-0.15, -0.1) is 0 Å². The molecule has 23 heavy (non-hydrogen) atoms. The smallest absolute Gasteiger partial charge is 0.323 e. The van der Waals surface area contributed by atoms with Crippen LogP contribution in [0.1, 0.15) is 38.1 Å². The normalized spacial score (nSPS) is 11.7. The summed E-state index contributed by atoms with van der Waals surface area (Å²) in [6.45, 7) is 6.89. The number of sulfone groups is 1. The number of carbonyl (C=O) groups excluding carboxylic acids is 1. The van der Waals surface area contributed by atoms with Gasteiger partial charge >= 0.3 is 5.97 Å². The molecule has 0 aromatic heterocycles. The van der Waals surface area contributed by atoms with E-state index in [2.05, 4.69) is 0 Å². The Morgan fingerprint density at radius 3 is 2.00 bits per heavy atom. The third-order valence-corrected chi connectivity index (χ3v) is 5.42. The summed E-state index contributed by atoms with van der Waals surface area (Å²) in [5, 5.41) is 8.38. The standard InChI is InChI=1S/C16H23NO5S/c1-11(2)9-17(10-15(18)19)16(20)13-5-7-14(8-6-13)23(21,22)12(3)4/h5-8,11-12H,9-10H2,1-4H3,(H,18,19). The lowest BCUT2D eigenvalue weighted by Crippen LogP contribution is -2.38. The van der Waals surface area contributed by atoms with Crippen LogP contribution in [0.3, 0.4) is 0 Å². The van der Waals surface area contributed by atoms with E-state index in [9.17, 15) is 18.0 Å². The monoisotopic (exact) mass is 341 g/mol. The third kappa shape index (κ3) is 5.06. The molecule has 1 aromatic carbocycles. The molecule has 1 N–H and O–H groups in total. The lowest BCUT2D eigenvalue weighted by molar-refractivity contribution is -0.137. The molecule has 0 aliphatic carbocycles. The van der Waals surface area contributed by atoms with Gasteiger partial charge in [0.15, 0.2) is 9.84 Å². The van der Waals surface area contributed by atoms with Crippen molar-refractivity contribution < 1.29 is 23.1 Å². The fraction of sp³-hybridized carbons (Fsp3) is 0.500. The summed E-state index contributed by atoms with van der Waals surface area (Å²) in [5.41, 5.74) is 0.273. The number of nitrogens with zero attached hydrogens (tertiary/aromatic N) is 1. The van der Waals surface area contributed by atoms with Crippen LogP contribution < -0.4 is 0 Å². The van der Waals surface area contributed by atoms with E-state index in [0.717, 1.165) is 0 Å². The Bertz CT molecular complexity index is 662. The van der Waals surface area contributed by atoms with Crippen LogP contribution in [0.25, 0.3) is 0 Å². The molecule has 0 aliphatic rings. The molecule has 0 unspecified atom stereocenters. The van der Waals surface area contributed by atoms with Crippen molar-refractivity contribution >= 4 is 21.7 Å². The summed E-state index contributed by atoms with van der Waals surface area (Å²) in [4.78, 5) is 24.7. The molecule has 6 nitrogen and oxygen atoms in total. The Morgan fingerprint density at radius 1 is 1.09 bits per heavy atom. The van der Waals surface area contributed by atoms with E-state index < -0.39 is 27.0 Å². The van der Waals surface area contributed by atoms with Crippen LogP contribution in [0.4, 0.5) is 0 Å². The fourth-order valence-corrected chi connectivity index (χ4v) is 3.13. The Kier molecular flexibility index (Phi) is 6.32. The molecule has 7 heteroatoms. The quantitative estimate of drug-likeness (QED) is 0.819. The molecule has 0 bridgehead atoms. The van der Waals surface area contributed by atoms with Crippen molar-refractivity contribution in [3.8, 4) is 0 Å². The molecule has 0 heterocycles. The van der Waals surface area contributed by atoms with Crippen molar-refractivity contribution in [3.05, 3.63) is 29.8 Å². The minimum absolute atomic E-state index is 0.124. The molecule has 1 aromatic rings. The summed E-state index contributed by atoms with van der Waals surface area (Å²) < 4.78 is 24.1. The second kappa shape index (κ2) is 7.59. The fourth-order valence-electron chi connectivity index (χ4n) is 2.07. The number of carboxylic acids is 1. The van der Waals surface area contributed by atoms with Crippen LogP contribution in [0.2, 0.25) is 0 Å². The molecule has 0 spiro atoms. The van der Waals surface area contributed by atoms with Crippen LogP contribution in [-0.4, -0.2) is 48.6 Å². The van der Waals surface area contributed by atoms with Crippen molar-refractivity contribution in [3.63, 3.8) is 0 Å². The molecule has 0 saturated carbocycles. The Balaban J connectivity index is 3.05. The summed E-state index contributed by atoms with van der Waals surface area (Å²) in [5.74, 6) is -1.38. The van der Waals surface area contributed by atoms with Crippen molar-refractivity contribution in [2.45, 2.75) is 37.8 Å². The second-order valence-electron chi connectivity index (χ2n) is 6.09. The van der Waals surface area contributed by atoms with Gasteiger partial charge in [0.2, 0.25) is 0 Å². The van der Waals surface area contributed by atoms with E-state index in [1.54, 1.807) is 13.8 Å². The number of aliphatic carboxylic acids is 1. The zero-order valence-electron chi connectivity index (χ0n) is 13.8. The largest absolute Gasteiger partial charge is 0.480 e. The van der Waals surface area contributed by atoms with Crippen molar-refractivity contribution in [2.75, 3.05) is 13.1 Å². The molecular weight excluding hydrogens is 318 g/mol. The zero-order valence-corrected chi connectivity index (χ0v) is 14.6. The van der Waals surface area contributed by atoms with Crippen molar-refractivity contribution in [2.24, 2.45) is 5.92 Å². The molecule has 0 aliphatic heterocycles. The molecule has 0 atom stereocenters. The number of benzene rings is 1. The molecule has 0 radical (unpaired) electrons. The van der Waals surface area contributed by atoms with E-state index in [0.29, 0.717) is 6.54 Å². The highest BCUT2D eigenvalue weighted by molar-refractivity contribution is 7.92. The van der Waals surface area contributed by atoms with Gasteiger partial charge in [0.25, 0.3) is 5.91 Å². The molecular formula is C16H23NO5S. The minimum atomic E-state index is -3.40. The maximum Gasteiger partial charge on any atom is 0.323 e. The van der Waals surface area contributed by atoms with Gasteiger partial charge in [0, 0.05) is 12.1 Å². The Morgan fingerprint density at radius 2 is 1.61 bits per heavy atom. The van der Waals surface area contributed by atoms with Crippen LogP contribution in [-0.2, 0) is 14.6 Å². The van der Waals surface area contributed by atoms with E-state index in [-0.39, 0.29) is 22.9 Å². The van der Waals surface area contributed by atoms with Crippen molar-refractivity contribution in [1.29, 1.82) is 0 Å². The van der Waals surface area contributed by atoms with E-state index in [1.807, 2.05) is 13.8 Å². The maximum absolute atomic E-state index is 12.4. The van der Waals surface area contributed by atoms with Crippen molar-refractivity contribution in [1.82, 2.24) is 4.90 Å². The van der Waals surface area contributed by atoms with E-state index in [4.69, 9.17) is 5.11 Å². The number of hydrogen-bond acceptors (Lipinski definition) is 4. The molecule has 0 fully saturated rings. The summed E-state index contributed by atoms with van der Waals surface area (Å²) in [6, 6.07) is 5.62. The average Bonchev–Trinajstić information content (AvgIpc) is 2.44. The first-order valence-electron chi connectivity index (χ1n) is 7.40. The predicted molar refractivity (Wildman–Crippen MR) is 87.1 cm³/mol. The average molecular weight is 341 g/mol. The molecule has 1 amide bonds. The first-order valence-corrected chi connectivity index (χ1v) is 8.95. The predicted octanol–water partition coefficient (Wildman–Crippen LogP) is 2.05. The molecule has 128 valence electrons. The van der Waals surface area contributed by atoms with E-state index in [1.165, 1.54) is 29.2 Å². The topological polar surface area (TPSA) is 91.8 Å². The summed E-state index contributed by atoms with van der Waals surface area (Å²) in [6.07, 6.45) is 0. The second-order valence-corrected chi connectivity index (χ2v) is 8.60. The highest BCUT2D eigenvalue weighted by Gasteiger charge is 2.22. The van der Waals surface area contributed by atoms with Gasteiger partial charge in [-0.3, -0.25) is 9.59 Å². The summed E-state index contributed by atoms with van der Waals surface area (Å²) in [7, 11) is -3.40. The lowest BCUT2D eigenvalue weighted by atomic mass is 10.1. The Hall–Kier alpha value is -1.89. The van der Waals surface area contributed by atoms with Crippen LogP contribution >= 0.6 is 0 Å². The zero-order chi connectivity index (χ0) is 17.8. The highest BCUT2D eigenvalue weighted by Crippen LogP contribution is 2.17. The highest BCUT2D eigenvalue weighted by atomic mass is 32.2. The van der Waals surface area contributed by atoms with Gasteiger partial charge < -0.3 is 10.0 Å². The Labute approximate surface area is 137 Å². The van der Waals surface area contributed by atoms with E-state index >= 15 is 0 Å². The number of carboxylic acid groups (broad SMARTS) is 1. The summed E-state index contributed by atoms with van der Waals surface area (Å²) >= 11 is 0. The number of amides is 1. The third-order valence-electron chi connectivity index (χ3n) is 3.25. The lowest BCUT2D eigenvalue weighted by Gasteiger charge is -2.23.